The molecule has 2 aliphatic rings. The average Bonchev–Trinajstić information content (AvgIpc) is 3.53. The lowest BCUT2D eigenvalue weighted by molar-refractivity contribution is 0.191. The summed E-state index contributed by atoms with van der Waals surface area (Å²) in [5.74, 6) is 0.457. The highest BCUT2D eigenvalue weighted by Gasteiger charge is 2.36. The molecule has 2 aromatic rings. The largest absolute Gasteiger partial charge is 0.384 e. The van der Waals surface area contributed by atoms with Gasteiger partial charge in [0.1, 0.15) is 11.6 Å². The third-order valence-corrected chi connectivity index (χ3v) is 6.67. The van der Waals surface area contributed by atoms with Crippen molar-refractivity contribution < 1.29 is 9.13 Å². The summed E-state index contributed by atoms with van der Waals surface area (Å²) in [6.07, 6.45) is 8.30. The number of nitrogens with one attached hydrogen (secondary N) is 3. The van der Waals surface area contributed by atoms with Crippen molar-refractivity contribution in [2.24, 2.45) is 5.41 Å². The van der Waals surface area contributed by atoms with Crippen molar-refractivity contribution in [2.45, 2.75) is 57.5 Å². The Bertz CT molecular complexity index is 862. The molecule has 0 bridgehead atoms. The molecule has 31 heavy (non-hydrogen) atoms. The summed E-state index contributed by atoms with van der Waals surface area (Å²) in [6, 6.07) is 10.8. The van der Waals surface area contributed by atoms with Gasteiger partial charge in [0.25, 0.3) is 0 Å². The molecule has 0 unspecified atom stereocenters. The molecule has 1 aromatic carbocycles. The van der Waals surface area contributed by atoms with Crippen LogP contribution in [0.3, 0.4) is 0 Å². The van der Waals surface area contributed by atoms with E-state index in [2.05, 4.69) is 27.9 Å². The minimum Gasteiger partial charge on any atom is -0.384 e. The lowest BCUT2D eigenvalue weighted by Crippen LogP contribution is -2.38. The molecule has 1 heterocycles. The molecule has 0 atom stereocenters. The molecule has 0 aliphatic heterocycles. The van der Waals surface area contributed by atoms with Crippen LogP contribution in [0.5, 0.6) is 0 Å². The van der Waals surface area contributed by atoms with E-state index in [4.69, 9.17) is 4.74 Å². The van der Waals surface area contributed by atoms with Crippen molar-refractivity contribution in [3.63, 3.8) is 0 Å². The number of nitrogens with zero attached hydrogens (tertiary/aromatic N) is 1. The summed E-state index contributed by atoms with van der Waals surface area (Å²) in [5.41, 5.74) is 2.93. The van der Waals surface area contributed by atoms with E-state index >= 15 is 0 Å². The molecule has 1 aromatic heterocycles. The van der Waals surface area contributed by atoms with Crippen molar-refractivity contribution in [3.05, 3.63) is 42.3 Å². The highest BCUT2D eigenvalue weighted by molar-refractivity contribution is 5.70. The highest BCUT2D eigenvalue weighted by Crippen LogP contribution is 2.44. The van der Waals surface area contributed by atoms with E-state index in [0.29, 0.717) is 23.1 Å². The van der Waals surface area contributed by atoms with Crippen LogP contribution < -0.4 is 16.0 Å². The van der Waals surface area contributed by atoms with E-state index in [0.717, 1.165) is 62.4 Å². The summed E-state index contributed by atoms with van der Waals surface area (Å²) in [6.45, 7) is 4.91. The van der Waals surface area contributed by atoms with Gasteiger partial charge in [-0.1, -0.05) is 19.1 Å². The topological polar surface area (TPSA) is 58.2 Å². The van der Waals surface area contributed by atoms with Gasteiger partial charge in [-0.15, -0.1) is 0 Å². The zero-order valence-electron chi connectivity index (χ0n) is 18.7. The summed E-state index contributed by atoms with van der Waals surface area (Å²) >= 11 is 0. The second-order valence-corrected chi connectivity index (χ2v) is 9.43. The monoisotopic (exact) mass is 426 g/mol. The number of benzene rings is 1. The predicted molar refractivity (Wildman–Crippen MR) is 125 cm³/mol. The molecule has 5 nitrogen and oxygen atoms in total. The van der Waals surface area contributed by atoms with E-state index in [1.54, 1.807) is 7.11 Å². The third-order valence-electron chi connectivity index (χ3n) is 6.67. The molecule has 0 saturated heterocycles. The van der Waals surface area contributed by atoms with Gasteiger partial charge < -0.3 is 20.7 Å². The number of anilines is 2. The minimum absolute atomic E-state index is 0.289. The first kappa shape index (κ1) is 22.0. The van der Waals surface area contributed by atoms with Gasteiger partial charge in [0.05, 0.1) is 12.8 Å². The summed E-state index contributed by atoms with van der Waals surface area (Å²) in [4.78, 5) is 4.30. The summed E-state index contributed by atoms with van der Waals surface area (Å²) < 4.78 is 19.7. The van der Waals surface area contributed by atoms with E-state index in [1.165, 1.54) is 19.0 Å². The molecular formula is C25H35FN4O. The van der Waals surface area contributed by atoms with Crippen LogP contribution in [0.1, 0.15) is 45.4 Å². The van der Waals surface area contributed by atoms with Gasteiger partial charge in [-0.2, -0.15) is 0 Å². The standard InChI is InChI=1S/C25H35FN4O/c1-25(10-11-25)17-29-21-5-3-4-18(14-21)22-15-24(28-16-23(22)26)30-20-8-6-19(7-9-20)27-12-13-31-2/h3-5,14-16,19-20,27,29H,6-13,17H2,1-2H3,(H,28,30). The summed E-state index contributed by atoms with van der Waals surface area (Å²) in [7, 11) is 1.73. The van der Waals surface area contributed by atoms with Gasteiger partial charge in [0.15, 0.2) is 0 Å². The number of hydrogen-bond acceptors (Lipinski definition) is 5. The molecule has 168 valence electrons. The molecule has 4 rings (SSSR count). The van der Waals surface area contributed by atoms with Crippen LogP contribution in [0.25, 0.3) is 11.1 Å². The number of aromatic nitrogens is 1. The third kappa shape index (κ3) is 6.17. The lowest BCUT2D eigenvalue weighted by Gasteiger charge is -2.30. The number of hydrogen-bond donors (Lipinski definition) is 3. The zero-order valence-corrected chi connectivity index (χ0v) is 18.7. The molecular weight excluding hydrogens is 391 g/mol. The Morgan fingerprint density at radius 1 is 1.13 bits per heavy atom. The highest BCUT2D eigenvalue weighted by atomic mass is 19.1. The molecule has 2 fully saturated rings. The zero-order chi connectivity index (χ0) is 21.7. The number of halogens is 1. The van der Waals surface area contributed by atoms with Crippen molar-refractivity contribution in [1.82, 2.24) is 10.3 Å². The Morgan fingerprint density at radius 2 is 1.90 bits per heavy atom. The lowest BCUT2D eigenvalue weighted by atomic mass is 9.91. The van der Waals surface area contributed by atoms with Crippen LogP contribution in [0.2, 0.25) is 0 Å². The van der Waals surface area contributed by atoms with Crippen LogP contribution in [0.4, 0.5) is 15.9 Å². The van der Waals surface area contributed by atoms with Gasteiger partial charge in [0.2, 0.25) is 0 Å². The fraction of sp³-hybridized carbons (Fsp3) is 0.560. The minimum atomic E-state index is -0.289. The Kier molecular flexibility index (Phi) is 7.08. The maximum atomic E-state index is 14.6. The molecule has 3 N–H and O–H groups in total. The summed E-state index contributed by atoms with van der Waals surface area (Å²) in [5, 5.41) is 10.6. The molecule has 0 radical (unpaired) electrons. The number of methoxy groups -OCH3 is 1. The molecule has 2 saturated carbocycles. The maximum Gasteiger partial charge on any atom is 0.149 e. The van der Waals surface area contributed by atoms with Crippen molar-refractivity contribution in [1.29, 1.82) is 0 Å². The number of ether oxygens (including phenoxy) is 1. The van der Waals surface area contributed by atoms with E-state index in [-0.39, 0.29) is 5.82 Å². The van der Waals surface area contributed by atoms with Crippen LogP contribution in [-0.2, 0) is 4.74 Å². The first-order chi connectivity index (χ1) is 15.0. The van der Waals surface area contributed by atoms with Gasteiger partial charge >= 0.3 is 0 Å². The average molecular weight is 427 g/mol. The molecule has 0 spiro atoms. The normalized spacial score (nSPS) is 22.2. The first-order valence-electron chi connectivity index (χ1n) is 11.5. The van der Waals surface area contributed by atoms with E-state index in [9.17, 15) is 4.39 Å². The SMILES string of the molecule is COCCNC1CCC(Nc2cc(-c3cccc(NCC4(C)CC4)c3)c(F)cn2)CC1. The number of rotatable bonds is 10. The Labute approximate surface area is 185 Å². The second-order valence-electron chi connectivity index (χ2n) is 9.43. The van der Waals surface area contributed by atoms with Crippen LogP contribution in [0, 0.1) is 11.2 Å². The fourth-order valence-corrected chi connectivity index (χ4v) is 4.26. The van der Waals surface area contributed by atoms with Gasteiger partial charge in [-0.3, -0.25) is 0 Å². The van der Waals surface area contributed by atoms with E-state index < -0.39 is 0 Å². The van der Waals surface area contributed by atoms with Crippen molar-refractivity contribution in [3.8, 4) is 11.1 Å². The van der Waals surface area contributed by atoms with Crippen molar-refractivity contribution >= 4 is 11.5 Å². The Balaban J connectivity index is 1.36. The van der Waals surface area contributed by atoms with Crippen LogP contribution in [-0.4, -0.2) is 43.9 Å². The predicted octanol–water partition coefficient (Wildman–Crippen LogP) is 5.06. The molecule has 0 amide bonds. The van der Waals surface area contributed by atoms with Crippen LogP contribution in [0.15, 0.2) is 36.5 Å². The van der Waals surface area contributed by atoms with Gasteiger partial charge in [-0.25, -0.2) is 9.37 Å². The molecule has 6 heteroatoms. The fourth-order valence-electron chi connectivity index (χ4n) is 4.26. The van der Waals surface area contributed by atoms with E-state index in [1.807, 2.05) is 30.3 Å². The second kappa shape index (κ2) is 9.96. The molecule has 2 aliphatic carbocycles. The van der Waals surface area contributed by atoms with Crippen molar-refractivity contribution in [2.75, 3.05) is 37.4 Å². The van der Waals surface area contributed by atoms with Crippen LogP contribution >= 0.6 is 0 Å². The Morgan fingerprint density at radius 3 is 2.65 bits per heavy atom. The maximum absolute atomic E-state index is 14.6. The van der Waals surface area contributed by atoms with Gasteiger partial charge in [0, 0.05) is 43.5 Å². The number of pyridine rings is 1. The quantitative estimate of drug-likeness (QED) is 0.464. The smallest absolute Gasteiger partial charge is 0.149 e. The Hall–Kier alpha value is -2.18. The first-order valence-corrected chi connectivity index (χ1v) is 11.5. The van der Waals surface area contributed by atoms with Gasteiger partial charge in [-0.05, 0) is 67.7 Å².